The van der Waals surface area contributed by atoms with Gasteiger partial charge in [-0.1, -0.05) is 0 Å². The summed E-state index contributed by atoms with van der Waals surface area (Å²) >= 11 is 3.53. The van der Waals surface area contributed by atoms with Crippen LogP contribution in [0.2, 0.25) is 0 Å². The summed E-state index contributed by atoms with van der Waals surface area (Å²) in [7, 11) is 0. The van der Waals surface area contributed by atoms with Crippen LogP contribution in [0.25, 0.3) is 11.0 Å². The van der Waals surface area contributed by atoms with Crippen molar-refractivity contribution in [3.8, 4) is 0 Å². The van der Waals surface area contributed by atoms with Crippen LogP contribution in [0.1, 0.15) is 11.3 Å². The van der Waals surface area contributed by atoms with Crippen molar-refractivity contribution in [3.63, 3.8) is 0 Å². The van der Waals surface area contributed by atoms with Gasteiger partial charge in [-0.25, -0.2) is 4.98 Å². The number of hydrogen-bond acceptors (Lipinski definition) is 1. The van der Waals surface area contributed by atoms with Crippen molar-refractivity contribution in [1.82, 2.24) is 9.97 Å². The lowest BCUT2D eigenvalue weighted by Crippen LogP contribution is -1.81. The molecule has 2 aromatic heterocycles. The van der Waals surface area contributed by atoms with Crippen LogP contribution >= 0.6 is 15.9 Å². The molecule has 0 aliphatic heterocycles. The quantitative estimate of drug-likeness (QED) is 0.733. The Morgan fingerprint density at radius 3 is 2.92 bits per heavy atom. The minimum Gasteiger partial charge on any atom is -0.344 e. The van der Waals surface area contributed by atoms with Crippen LogP contribution in [0.3, 0.4) is 0 Å². The van der Waals surface area contributed by atoms with Gasteiger partial charge in [-0.15, -0.1) is 0 Å². The topological polar surface area (TPSA) is 28.7 Å². The van der Waals surface area contributed by atoms with E-state index in [1.165, 1.54) is 5.56 Å². The third kappa shape index (κ3) is 1.05. The van der Waals surface area contributed by atoms with E-state index in [1.54, 1.807) is 0 Å². The van der Waals surface area contributed by atoms with E-state index in [1.807, 2.05) is 20.0 Å². The molecule has 2 nitrogen and oxygen atoms in total. The highest BCUT2D eigenvalue weighted by Gasteiger charge is 2.04. The summed E-state index contributed by atoms with van der Waals surface area (Å²) in [6.07, 6.45) is 1.86. The predicted octanol–water partition coefficient (Wildman–Crippen LogP) is 2.94. The number of rotatable bonds is 0. The lowest BCUT2D eigenvalue weighted by atomic mass is 10.2. The van der Waals surface area contributed by atoms with E-state index in [4.69, 9.17) is 0 Å². The molecule has 0 spiro atoms. The highest BCUT2D eigenvalue weighted by Crippen LogP contribution is 2.25. The summed E-state index contributed by atoms with van der Waals surface area (Å²) in [6.45, 7) is 4.07. The van der Waals surface area contributed by atoms with Gasteiger partial charge in [-0.05, 0) is 41.4 Å². The fourth-order valence-corrected chi connectivity index (χ4v) is 1.68. The molecule has 0 aliphatic carbocycles. The first-order valence-corrected chi connectivity index (χ1v) is 4.58. The van der Waals surface area contributed by atoms with E-state index < -0.39 is 0 Å². The molecule has 12 heavy (non-hydrogen) atoms. The van der Waals surface area contributed by atoms with Gasteiger partial charge < -0.3 is 4.98 Å². The number of aromatic amines is 1. The molecule has 62 valence electrons. The first-order chi connectivity index (χ1) is 5.68. The highest BCUT2D eigenvalue weighted by molar-refractivity contribution is 9.10. The number of nitrogens with one attached hydrogen (secondary N) is 1. The molecule has 3 heteroatoms. The van der Waals surface area contributed by atoms with E-state index in [-0.39, 0.29) is 0 Å². The first-order valence-electron chi connectivity index (χ1n) is 3.79. The van der Waals surface area contributed by atoms with Gasteiger partial charge in [0.1, 0.15) is 5.65 Å². The summed E-state index contributed by atoms with van der Waals surface area (Å²) in [5.74, 6) is 0. The standard InChI is InChI=1S/C9H9BrN2/c1-5-4-11-9-7(8(5)10)3-6(2)12-9/h3-4H,1-2H3,(H,11,12). The van der Waals surface area contributed by atoms with Gasteiger partial charge in [0, 0.05) is 21.7 Å². The molecule has 0 saturated heterocycles. The lowest BCUT2D eigenvalue weighted by Gasteiger charge is -1.96. The largest absolute Gasteiger partial charge is 0.344 e. The molecule has 0 radical (unpaired) electrons. The average molecular weight is 225 g/mol. The molecule has 2 rings (SSSR count). The zero-order valence-corrected chi connectivity index (χ0v) is 8.57. The van der Waals surface area contributed by atoms with Crippen molar-refractivity contribution in [2.75, 3.05) is 0 Å². The van der Waals surface area contributed by atoms with Crippen molar-refractivity contribution in [1.29, 1.82) is 0 Å². The van der Waals surface area contributed by atoms with Crippen LogP contribution < -0.4 is 0 Å². The molecule has 0 atom stereocenters. The van der Waals surface area contributed by atoms with Crippen LogP contribution in [-0.2, 0) is 0 Å². The van der Waals surface area contributed by atoms with Crippen LogP contribution in [0.15, 0.2) is 16.7 Å². The molecule has 0 fully saturated rings. The normalized spacial score (nSPS) is 10.9. The Balaban J connectivity index is 2.89. The molecule has 0 bridgehead atoms. The SMILES string of the molecule is Cc1cc2c(Br)c(C)cnc2[nH]1. The number of aromatic nitrogens is 2. The van der Waals surface area contributed by atoms with E-state index >= 15 is 0 Å². The van der Waals surface area contributed by atoms with Gasteiger partial charge in [0.25, 0.3) is 0 Å². The van der Waals surface area contributed by atoms with Crippen molar-refractivity contribution in [2.24, 2.45) is 0 Å². The van der Waals surface area contributed by atoms with E-state index in [9.17, 15) is 0 Å². The van der Waals surface area contributed by atoms with Crippen molar-refractivity contribution < 1.29 is 0 Å². The van der Waals surface area contributed by atoms with E-state index in [2.05, 4.69) is 32.0 Å². The number of pyridine rings is 1. The molecule has 1 N–H and O–H groups in total. The minimum atomic E-state index is 0.949. The minimum absolute atomic E-state index is 0.949. The van der Waals surface area contributed by atoms with Crippen molar-refractivity contribution in [2.45, 2.75) is 13.8 Å². The smallest absolute Gasteiger partial charge is 0.138 e. The second-order valence-corrected chi connectivity index (χ2v) is 3.76. The third-order valence-corrected chi connectivity index (χ3v) is 2.95. The molecule has 0 saturated carbocycles. The maximum Gasteiger partial charge on any atom is 0.138 e. The van der Waals surface area contributed by atoms with Crippen molar-refractivity contribution in [3.05, 3.63) is 28.0 Å². The Hall–Kier alpha value is -0.830. The van der Waals surface area contributed by atoms with Gasteiger partial charge in [0.05, 0.1) is 0 Å². The summed E-state index contributed by atoms with van der Waals surface area (Å²) in [5, 5.41) is 1.16. The Labute approximate surface area is 79.1 Å². The van der Waals surface area contributed by atoms with E-state index in [0.717, 1.165) is 21.2 Å². The molecule has 0 aliphatic rings. The number of fused-ring (bicyclic) bond motifs is 1. The van der Waals surface area contributed by atoms with Gasteiger partial charge in [-0.2, -0.15) is 0 Å². The lowest BCUT2D eigenvalue weighted by molar-refractivity contribution is 1.23. The molecule has 0 unspecified atom stereocenters. The van der Waals surface area contributed by atoms with Gasteiger partial charge in [0.15, 0.2) is 0 Å². The fraction of sp³-hybridized carbons (Fsp3) is 0.222. The maximum absolute atomic E-state index is 4.28. The Morgan fingerprint density at radius 2 is 2.17 bits per heavy atom. The van der Waals surface area contributed by atoms with Crippen LogP contribution in [0.4, 0.5) is 0 Å². The second kappa shape index (κ2) is 2.59. The first kappa shape index (κ1) is 7.80. The number of H-pyrrole nitrogens is 1. The molecule has 2 heterocycles. The molecule has 0 aromatic carbocycles. The average Bonchev–Trinajstić information content (AvgIpc) is 2.39. The molecule has 0 amide bonds. The molecular weight excluding hydrogens is 216 g/mol. The maximum atomic E-state index is 4.28. The summed E-state index contributed by atoms with van der Waals surface area (Å²) in [5.41, 5.74) is 3.26. The predicted molar refractivity (Wildman–Crippen MR) is 53.3 cm³/mol. The summed E-state index contributed by atoms with van der Waals surface area (Å²) < 4.78 is 1.14. The number of nitrogens with zero attached hydrogens (tertiary/aromatic N) is 1. The Kier molecular flexibility index (Phi) is 1.68. The number of aryl methyl sites for hydroxylation is 2. The number of halogens is 1. The summed E-state index contributed by atoms with van der Waals surface area (Å²) in [4.78, 5) is 7.46. The van der Waals surface area contributed by atoms with Crippen LogP contribution in [-0.4, -0.2) is 9.97 Å². The zero-order chi connectivity index (χ0) is 8.72. The number of hydrogen-bond donors (Lipinski definition) is 1. The Bertz CT molecular complexity index is 431. The second-order valence-electron chi connectivity index (χ2n) is 2.97. The third-order valence-electron chi connectivity index (χ3n) is 1.90. The molecular formula is C9H9BrN2. The Morgan fingerprint density at radius 1 is 1.42 bits per heavy atom. The van der Waals surface area contributed by atoms with E-state index in [0.29, 0.717) is 0 Å². The summed E-state index contributed by atoms with van der Waals surface area (Å²) in [6, 6.07) is 2.10. The monoisotopic (exact) mass is 224 g/mol. The fourth-order valence-electron chi connectivity index (χ4n) is 1.27. The van der Waals surface area contributed by atoms with Crippen LogP contribution in [0.5, 0.6) is 0 Å². The van der Waals surface area contributed by atoms with Gasteiger partial charge >= 0.3 is 0 Å². The highest BCUT2D eigenvalue weighted by atomic mass is 79.9. The van der Waals surface area contributed by atoms with Crippen molar-refractivity contribution >= 4 is 27.0 Å². The van der Waals surface area contributed by atoms with Crippen LogP contribution in [0, 0.1) is 13.8 Å². The molecule has 2 aromatic rings. The van der Waals surface area contributed by atoms with Gasteiger partial charge in [0.2, 0.25) is 0 Å². The van der Waals surface area contributed by atoms with Gasteiger partial charge in [-0.3, -0.25) is 0 Å². The zero-order valence-electron chi connectivity index (χ0n) is 6.98.